The summed E-state index contributed by atoms with van der Waals surface area (Å²) in [6.07, 6.45) is -3.08. The Morgan fingerprint density at radius 1 is 0.870 bits per heavy atom. The average molecular weight is 642 g/mol. The first kappa shape index (κ1) is 34.2. The van der Waals surface area contributed by atoms with Gasteiger partial charge in [0.2, 0.25) is 0 Å². The van der Waals surface area contributed by atoms with Crippen LogP contribution in [0.3, 0.4) is 0 Å². The van der Waals surface area contributed by atoms with Gasteiger partial charge in [-0.05, 0) is 68.0 Å². The third-order valence-electron chi connectivity index (χ3n) is 7.17. The first-order valence-corrected chi connectivity index (χ1v) is 14.9. The normalized spacial score (nSPS) is 12.2. The highest BCUT2D eigenvalue weighted by Crippen LogP contribution is 2.32. The number of amides is 1. The zero-order valence-corrected chi connectivity index (χ0v) is 26.0. The molecule has 1 amide bonds. The van der Waals surface area contributed by atoms with Crippen LogP contribution in [-0.2, 0) is 22.1 Å². The molecular formula is C34H38F3N3O6. The molecule has 9 nitrogen and oxygen atoms in total. The van der Waals surface area contributed by atoms with Gasteiger partial charge in [0.15, 0.2) is 0 Å². The van der Waals surface area contributed by atoms with Crippen LogP contribution >= 0.6 is 0 Å². The number of carbonyl (C=O) groups excluding carboxylic acids is 2. The second-order valence-corrected chi connectivity index (χ2v) is 11.0. The van der Waals surface area contributed by atoms with E-state index in [4.69, 9.17) is 18.9 Å². The molecule has 0 spiro atoms. The highest BCUT2D eigenvalue weighted by molar-refractivity contribution is 5.90. The van der Waals surface area contributed by atoms with Crippen LogP contribution < -0.4 is 9.47 Å². The molecule has 0 aliphatic carbocycles. The molecule has 1 unspecified atom stereocenters. The van der Waals surface area contributed by atoms with Crippen LogP contribution in [-0.4, -0.2) is 74.5 Å². The molecule has 1 N–H and O–H groups in total. The lowest BCUT2D eigenvalue weighted by molar-refractivity contribution is -0.137. The number of aromatic nitrogens is 1. The molecule has 3 aromatic carbocycles. The van der Waals surface area contributed by atoms with Gasteiger partial charge in [0.05, 0.1) is 18.8 Å². The molecule has 1 aromatic heterocycles. The van der Waals surface area contributed by atoms with Gasteiger partial charge in [-0.1, -0.05) is 36.4 Å². The van der Waals surface area contributed by atoms with Crippen molar-refractivity contribution in [2.24, 2.45) is 0 Å². The van der Waals surface area contributed by atoms with Crippen LogP contribution in [0.25, 0.3) is 10.9 Å². The summed E-state index contributed by atoms with van der Waals surface area (Å²) in [5.41, 5.74) is 1.94. The van der Waals surface area contributed by atoms with Crippen LogP contribution in [0.4, 0.5) is 22.8 Å². The van der Waals surface area contributed by atoms with Gasteiger partial charge in [-0.2, -0.15) is 13.2 Å². The molecule has 12 heteroatoms. The predicted octanol–water partition coefficient (Wildman–Crippen LogP) is 7.48. The summed E-state index contributed by atoms with van der Waals surface area (Å²) in [6, 6.07) is 19.1. The largest absolute Gasteiger partial charge is 0.513 e. The number of benzene rings is 3. The highest BCUT2D eigenvalue weighted by Gasteiger charge is 2.30. The number of rotatable bonds is 14. The van der Waals surface area contributed by atoms with Gasteiger partial charge in [-0.15, -0.1) is 0 Å². The first-order valence-electron chi connectivity index (χ1n) is 14.9. The summed E-state index contributed by atoms with van der Waals surface area (Å²) in [4.78, 5) is 31.6. The minimum absolute atomic E-state index is 0.0104. The van der Waals surface area contributed by atoms with E-state index in [2.05, 4.69) is 9.88 Å². The van der Waals surface area contributed by atoms with Crippen molar-refractivity contribution in [1.82, 2.24) is 14.8 Å². The number of carbonyl (C=O) groups is 2. The number of fused-ring (bicyclic) bond motifs is 1. The summed E-state index contributed by atoms with van der Waals surface area (Å²) >= 11 is 0. The van der Waals surface area contributed by atoms with Crippen molar-refractivity contribution in [2.75, 3.05) is 47.4 Å². The maximum Gasteiger partial charge on any atom is 0.513 e. The molecule has 246 valence electrons. The van der Waals surface area contributed by atoms with E-state index in [1.165, 1.54) is 17.0 Å². The Morgan fingerprint density at radius 2 is 1.59 bits per heavy atom. The van der Waals surface area contributed by atoms with E-state index in [0.717, 1.165) is 47.1 Å². The molecule has 0 aliphatic heterocycles. The quantitative estimate of drug-likeness (QED) is 0.0867. The lowest BCUT2D eigenvalue weighted by Gasteiger charge is -2.23. The van der Waals surface area contributed by atoms with Crippen molar-refractivity contribution in [3.63, 3.8) is 0 Å². The van der Waals surface area contributed by atoms with Crippen LogP contribution in [0.1, 0.15) is 35.6 Å². The lowest BCUT2D eigenvalue weighted by Crippen LogP contribution is -2.30. The van der Waals surface area contributed by atoms with Crippen molar-refractivity contribution in [3.8, 4) is 11.5 Å². The van der Waals surface area contributed by atoms with E-state index in [1.807, 2.05) is 56.7 Å². The molecule has 1 atom stereocenters. The van der Waals surface area contributed by atoms with E-state index in [-0.39, 0.29) is 31.9 Å². The van der Waals surface area contributed by atoms with E-state index < -0.39 is 30.1 Å². The predicted molar refractivity (Wildman–Crippen MR) is 167 cm³/mol. The third kappa shape index (κ3) is 9.90. The van der Waals surface area contributed by atoms with Gasteiger partial charge in [0.25, 0.3) is 0 Å². The smallest absolute Gasteiger partial charge is 0.486 e. The topological polar surface area (TPSA) is 93.3 Å². The number of likely N-dealkylation sites (N-methyl/N-ethyl adjacent to an activating group) is 1. The fraction of sp³-hybridized carbons (Fsp3) is 0.353. The van der Waals surface area contributed by atoms with Gasteiger partial charge >= 0.3 is 18.4 Å². The van der Waals surface area contributed by atoms with Crippen molar-refractivity contribution >= 4 is 23.2 Å². The van der Waals surface area contributed by atoms with Crippen molar-refractivity contribution in [3.05, 3.63) is 95.7 Å². The number of alkyl halides is 3. The summed E-state index contributed by atoms with van der Waals surface area (Å²) < 4.78 is 60.9. The van der Waals surface area contributed by atoms with Crippen molar-refractivity contribution in [1.29, 1.82) is 0 Å². The number of aromatic amines is 1. The average Bonchev–Trinajstić information content (AvgIpc) is 3.46. The van der Waals surface area contributed by atoms with Crippen LogP contribution in [0.5, 0.6) is 11.5 Å². The van der Waals surface area contributed by atoms with E-state index in [9.17, 15) is 22.8 Å². The molecule has 4 aromatic rings. The molecule has 1 heterocycles. The summed E-state index contributed by atoms with van der Waals surface area (Å²) in [5.74, 6) is 0.682. The maximum absolute atomic E-state index is 12.9. The summed E-state index contributed by atoms with van der Waals surface area (Å²) in [7, 11) is 5.56. The molecule has 0 aliphatic rings. The molecule has 0 fully saturated rings. The Balaban J connectivity index is 1.21. The number of H-pyrrole nitrogens is 1. The number of halogens is 3. The van der Waals surface area contributed by atoms with Gasteiger partial charge < -0.3 is 33.7 Å². The number of nitrogens with zero attached hydrogens (tertiary/aromatic N) is 2. The summed E-state index contributed by atoms with van der Waals surface area (Å²) in [6.45, 7) is 1.10. The summed E-state index contributed by atoms with van der Waals surface area (Å²) in [5, 5.41) is 0.831. The Hall–Kier alpha value is -4.71. The standard InChI is InChI=1S/C34H38F3N3O6/c1-39(2)19-17-25-23-38-28-11-7-12-30(31(25)28)46-33(42)44-22-8-21-43-32(41)40(3)20-18-29(24-9-5-4-6-10-24)45-27-15-13-26(14-16-27)34(35,36)37/h4-7,9-16,23,29,38H,8,17-22H2,1-3H3. The fourth-order valence-electron chi connectivity index (χ4n) is 4.70. The van der Waals surface area contributed by atoms with Crippen LogP contribution in [0.15, 0.2) is 79.0 Å². The number of hydrogen-bond acceptors (Lipinski definition) is 7. The molecular weight excluding hydrogens is 603 g/mol. The van der Waals surface area contributed by atoms with E-state index >= 15 is 0 Å². The minimum atomic E-state index is -4.44. The Morgan fingerprint density at radius 3 is 2.28 bits per heavy atom. The van der Waals surface area contributed by atoms with Crippen LogP contribution in [0, 0.1) is 0 Å². The van der Waals surface area contributed by atoms with Gasteiger partial charge in [0, 0.05) is 50.1 Å². The van der Waals surface area contributed by atoms with E-state index in [1.54, 1.807) is 19.2 Å². The molecule has 0 radical (unpaired) electrons. The molecule has 0 saturated heterocycles. The molecule has 0 saturated carbocycles. The minimum Gasteiger partial charge on any atom is -0.486 e. The van der Waals surface area contributed by atoms with Gasteiger partial charge in [-0.25, -0.2) is 9.59 Å². The second kappa shape index (κ2) is 16.0. The maximum atomic E-state index is 12.9. The monoisotopic (exact) mass is 641 g/mol. The first-order chi connectivity index (χ1) is 22.0. The molecule has 0 bridgehead atoms. The lowest BCUT2D eigenvalue weighted by atomic mass is 10.1. The Kier molecular flexibility index (Phi) is 11.9. The second-order valence-electron chi connectivity index (χ2n) is 11.0. The number of hydrogen-bond donors (Lipinski definition) is 1. The SMILES string of the molecule is CN(C)CCc1c[nH]c2cccc(OC(=O)OCCCOC(=O)N(C)CCC(Oc3ccc(C(F)(F)F)cc3)c3ccccc3)c12. The fourth-order valence-corrected chi connectivity index (χ4v) is 4.70. The Bertz CT molecular complexity index is 1560. The van der Waals surface area contributed by atoms with Crippen molar-refractivity contribution < 1.29 is 41.7 Å². The van der Waals surface area contributed by atoms with Gasteiger partial charge in [-0.3, -0.25) is 0 Å². The van der Waals surface area contributed by atoms with Crippen LogP contribution in [0.2, 0.25) is 0 Å². The van der Waals surface area contributed by atoms with Crippen molar-refractivity contribution in [2.45, 2.75) is 31.5 Å². The molecule has 46 heavy (non-hydrogen) atoms. The third-order valence-corrected chi connectivity index (χ3v) is 7.17. The van der Waals surface area contributed by atoms with E-state index in [0.29, 0.717) is 12.2 Å². The highest BCUT2D eigenvalue weighted by atomic mass is 19.4. The Labute approximate surface area is 265 Å². The molecule has 4 rings (SSSR count). The van der Waals surface area contributed by atoms with Gasteiger partial charge in [0.1, 0.15) is 17.6 Å². The number of nitrogens with one attached hydrogen (secondary N) is 1. The zero-order chi connectivity index (χ0) is 33.1. The number of ether oxygens (including phenoxy) is 4. The zero-order valence-electron chi connectivity index (χ0n) is 26.0.